The van der Waals surface area contributed by atoms with Gasteiger partial charge in [-0.3, -0.25) is 0 Å². The van der Waals surface area contributed by atoms with E-state index in [1.54, 1.807) is 7.11 Å². The van der Waals surface area contributed by atoms with Crippen molar-refractivity contribution in [2.24, 2.45) is 5.41 Å². The Morgan fingerprint density at radius 1 is 1.31 bits per heavy atom. The molecule has 0 amide bonds. The fraction of sp³-hybridized carbons (Fsp3) is 1.00. The van der Waals surface area contributed by atoms with E-state index in [0.717, 1.165) is 32.5 Å². The van der Waals surface area contributed by atoms with E-state index in [-0.39, 0.29) is 12.0 Å². The molecule has 0 fully saturated rings. The summed E-state index contributed by atoms with van der Waals surface area (Å²) in [6.07, 6.45) is 2.23. The van der Waals surface area contributed by atoms with Crippen molar-refractivity contribution in [2.75, 3.05) is 33.4 Å². The maximum Gasteiger partial charge on any atom is 0.0494 e. The number of hydrogen-bond donors (Lipinski definition) is 2. The Balaban J connectivity index is 3.16. The van der Waals surface area contributed by atoms with E-state index in [9.17, 15) is 0 Å². The lowest BCUT2D eigenvalue weighted by molar-refractivity contribution is 0.156. The summed E-state index contributed by atoms with van der Waals surface area (Å²) in [7, 11) is 1.72. The van der Waals surface area contributed by atoms with Crippen LogP contribution in [0.2, 0.25) is 0 Å². The van der Waals surface area contributed by atoms with E-state index in [0.29, 0.717) is 0 Å². The van der Waals surface area contributed by atoms with Crippen molar-refractivity contribution in [3.63, 3.8) is 0 Å². The largest absolute Gasteiger partial charge is 0.396 e. The molecule has 0 spiro atoms. The average Bonchev–Trinajstić information content (AvgIpc) is 2.11. The van der Waals surface area contributed by atoms with Crippen molar-refractivity contribution >= 4 is 0 Å². The van der Waals surface area contributed by atoms with Crippen LogP contribution in [-0.2, 0) is 4.74 Å². The monoisotopic (exact) mass is 189 g/mol. The fourth-order valence-corrected chi connectivity index (χ4v) is 0.979. The SMILES string of the molecule is COCCCCNCC(C)(C)CO. The summed E-state index contributed by atoms with van der Waals surface area (Å²) in [5.74, 6) is 0. The van der Waals surface area contributed by atoms with Crippen molar-refractivity contribution in [3.8, 4) is 0 Å². The number of unbranched alkanes of at least 4 members (excludes halogenated alkanes) is 1. The van der Waals surface area contributed by atoms with Crippen LogP contribution in [0.15, 0.2) is 0 Å². The van der Waals surface area contributed by atoms with E-state index in [4.69, 9.17) is 9.84 Å². The molecule has 3 nitrogen and oxygen atoms in total. The minimum atomic E-state index is 0.00125. The van der Waals surface area contributed by atoms with Crippen LogP contribution < -0.4 is 5.32 Å². The van der Waals surface area contributed by atoms with Crippen molar-refractivity contribution in [3.05, 3.63) is 0 Å². The Bertz CT molecular complexity index is 115. The zero-order valence-corrected chi connectivity index (χ0v) is 9.10. The number of hydrogen-bond acceptors (Lipinski definition) is 3. The van der Waals surface area contributed by atoms with Gasteiger partial charge in [0.2, 0.25) is 0 Å². The lowest BCUT2D eigenvalue weighted by Crippen LogP contribution is -2.32. The van der Waals surface area contributed by atoms with Crippen molar-refractivity contribution in [1.82, 2.24) is 5.32 Å². The summed E-state index contributed by atoms with van der Waals surface area (Å²) in [5, 5.41) is 12.3. The van der Waals surface area contributed by atoms with E-state index in [1.165, 1.54) is 0 Å². The van der Waals surface area contributed by atoms with Gasteiger partial charge in [-0.2, -0.15) is 0 Å². The van der Waals surface area contributed by atoms with Gasteiger partial charge in [0.1, 0.15) is 0 Å². The highest BCUT2D eigenvalue weighted by atomic mass is 16.5. The smallest absolute Gasteiger partial charge is 0.0494 e. The number of nitrogens with one attached hydrogen (secondary N) is 1. The normalized spacial score (nSPS) is 12.0. The third-order valence-corrected chi connectivity index (χ3v) is 1.98. The predicted octanol–water partition coefficient (Wildman–Crippen LogP) is 1.02. The lowest BCUT2D eigenvalue weighted by atomic mass is 9.95. The molecule has 0 aromatic carbocycles. The Morgan fingerprint density at radius 3 is 2.54 bits per heavy atom. The van der Waals surface area contributed by atoms with Crippen LogP contribution in [0, 0.1) is 5.41 Å². The molecule has 0 aromatic rings. The molecule has 0 aliphatic heterocycles. The van der Waals surface area contributed by atoms with Gasteiger partial charge < -0.3 is 15.2 Å². The highest BCUT2D eigenvalue weighted by Gasteiger charge is 2.14. The molecule has 0 unspecified atom stereocenters. The molecule has 0 radical (unpaired) electrons. The molecule has 0 aliphatic carbocycles. The third-order valence-electron chi connectivity index (χ3n) is 1.98. The highest BCUT2D eigenvalue weighted by molar-refractivity contribution is 4.69. The van der Waals surface area contributed by atoms with E-state index >= 15 is 0 Å². The Kier molecular flexibility index (Phi) is 7.23. The number of aliphatic hydroxyl groups excluding tert-OH is 1. The van der Waals surface area contributed by atoms with Crippen LogP contribution in [0.3, 0.4) is 0 Å². The van der Waals surface area contributed by atoms with Gasteiger partial charge in [-0.15, -0.1) is 0 Å². The molecular weight excluding hydrogens is 166 g/mol. The van der Waals surface area contributed by atoms with Gasteiger partial charge in [-0.1, -0.05) is 13.8 Å². The minimum absolute atomic E-state index is 0.00125. The Labute approximate surface area is 81.5 Å². The molecule has 0 aromatic heterocycles. The first-order valence-electron chi connectivity index (χ1n) is 4.93. The number of ether oxygens (including phenoxy) is 1. The van der Waals surface area contributed by atoms with Crippen LogP contribution in [0.4, 0.5) is 0 Å². The second-order valence-corrected chi connectivity index (χ2v) is 4.20. The molecule has 0 saturated carbocycles. The number of aliphatic hydroxyl groups is 1. The first-order chi connectivity index (χ1) is 6.12. The van der Waals surface area contributed by atoms with Crippen molar-refractivity contribution in [2.45, 2.75) is 26.7 Å². The first-order valence-corrected chi connectivity index (χ1v) is 4.93. The van der Waals surface area contributed by atoms with E-state index in [2.05, 4.69) is 19.2 Å². The molecular formula is C10H23NO2. The molecule has 0 saturated heterocycles. The minimum Gasteiger partial charge on any atom is -0.396 e. The molecule has 80 valence electrons. The molecule has 0 atom stereocenters. The molecule has 13 heavy (non-hydrogen) atoms. The molecule has 0 aliphatic rings. The number of methoxy groups -OCH3 is 1. The van der Waals surface area contributed by atoms with Crippen LogP contribution in [0.5, 0.6) is 0 Å². The molecule has 0 bridgehead atoms. The van der Waals surface area contributed by atoms with Gasteiger partial charge in [-0.05, 0) is 19.4 Å². The quantitative estimate of drug-likeness (QED) is 0.560. The van der Waals surface area contributed by atoms with Crippen molar-refractivity contribution in [1.29, 1.82) is 0 Å². The van der Waals surface area contributed by atoms with Gasteiger partial charge in [0.25, 0.3) is 0 Å². The molecule has 3 heteroatoms. The number of rotatable bonds is 8. The van der Waals surface area contributed by atoms with Crippen LogP contribution in [-0.4, -0.2) is 38.5 Å². The van der Waals surface area contributed by atoms with Gasteiger partial charge >= 0.3 is 0 Å². The Hall–Kier alpha value is -0.120. The fourth-order valence-electron chi connectivity index (χ4n) is 0.979. The van der Waals surface area contributed by atoms with E-state index in [1.807, 2.05) is 0 Å². The predicted molar refractivity (Wildman–Crippen MR) is 54.8 cm³/mol. The van der Waals surface area contributed by atoms with Gasteiger partial charge in [0.15, 0.2) is 0 Å². The topological polar surface area (TPSA) is 41.5 Å². The average molecular weight is 189 g/mol. The molecule has 2 N–H and O–H groups in total. The highest BCUT2D eigenvalue weighted by Crippen LogP contribution is 2.10. The summed E-state index contributed by atoms with van der Waals surface area (Å²) >= 11 is 0. The summed E-state index contributed by atoms with van der Waals surface area (Å²) in [5.41, 5.74) is 0.00125. The third kappa shape index (κ3) is 8.22. The summed E-state index contributed by atoms with van der Waals surface area (Å²) in [6.45, 7) is 7.05. The van der Waals surface area contributed by atoms with Crippen LogP contribution in [0.25, 0.3) is 0 Å². The zero-order chi connectivity index (χ0) is 10.2. The second-order valence-electron chi connectivity index (χ2n) is 4.20. The maximum absolute atomic E-state index is 8.97. The van der Waals surface area contributed by atoms with E-state index < -0.39 is 0 Å². The second kappa shape index (κ2) is 7.30. The van der Waals surface area contributed by atoms with Crippen LogP contribution >= 0.6 is 0 Å². The van der Waals surface area contributed by atoms with Gasteiger partial charge in [-0.25, -0.2) is 0 Å². The standard InChI is InChI=1S/C10H23NO2/c1-10(2,9-12)8-11-6-4-5-7-13-3/h11-12H,4-9H2,1-3H3. The zero-order valence-electron chi connectivity index (χ0n) is 9.10. The summed E-state index contributed by atoms with van der Waals surface area (Å²) < 4.78 is 4.94. The van der Waals surface area contributed by atoms with Crippen molar-refractivity contribution < 1.29 is 9.84 Å². The molecule has 0 rings (SSSR count). The van der Waals surface area contributed by atoms with Gasteiger partial charge in [0, 0.05) is 32.3 Å². The van der Waals surface area contributed by atoms with Gasteiger partial charge in [0.05, 0.1) is 0 Å². The summed E-state index contributed by atoms with van der Waals surface area (Å²) in [4.78, 5) is 0. The van der Waals surface area contributed by atoms with Crippen LogP contribution in [0.1, 0.15) is 26.7 Å². The first kappa shape index (κ1) is 12.9. The maximum atomic E-state index is 8.97. The lowest BCUT2D eigenvalue weighted by Gasteiger charge is -2.21. The Morgan fingerprint density at radius 2 is 2.00 bits per heavy atom. The molecule has 0 heterocycles. The summed E-state index contributed by atoms with van der Waals surface area (Å²) in [6, 6.07) is 0.